The van der Waals surface area contributed by atoms with E-state index in [2.05, 4.69) is 25.9 Å². The smallest absolute Gasteiger partial charge is 0.243 e. The van der Waals surface area contributed by atoms with E-state index in [-0.39, 0.29) is 24.7 Å². The predicted molar refractivity (Wildman–Crippen MR) is 205 cm³/mol. The number of hydrogen-bond donors (Lipinski definition) is 10. The van der Waals surface area contributed by atoms with E-state index in [9.17, 15) is 53.4 Å². The number of carbonyl (C=O) groups excluding carboxylic acids is 3. The van der Waals surface area contributed by atoms with Crippen LogP contribution in [0, 0.1) is 17.8 Å². The van der Waals surface area contributed by atoms with E-state index in [4.69, 9.17) is 4.74 Å². The number of nitrogens with one attached hydrogen (secondary N) is 4. The minimum Gasteiger partial charge on any atom is -0.394 e. The summed E-state index contributed by atoms with van der Waals surface area (Å²) in [7, 11) is -4.56. The van der Waals surface area contributed by atoms with Crippen LogP contribution in [0.25, 0.3) is 0 Å². The molecule has 2 heterocycles. The zero-order valence-electron chi connectivity index (χ0n) is 32.4. The highest BCUT2D eigenvalue weighted by Crippen LogP contribution is 2.36. The van der Waals surface area contributed by atoms with Gasteiger partial charge in [-0.2, -0.15) is 0 Å². The van der Waals surface area contributed by atoms with E-state index in [1.165, 1.54) is 12.5 Å². The van der Waals surface area contributed by atoms with Crippen molar-refractivity contribution in [2.45, 2.75) is 138 Å². The van der Waals surface area contributed by atoms with Crippen LogP contribution in [0.15, 0.2) is 42.9 Å². The van der Waals surface area contributed by atoms with Crippen LogP contribution < -0.4 is 16.0 Å². The second-order valence-electron chi connectivity index (χ2n) is 16.4. The maximum absolute atomic E-state index is 14.3. The van der Waals surface area contributed by atoms with Gasteiger partial charge in [0.15, 0.2) is 16.1 Å². The molecule has 10 N–H and O–H groups in total. The Kier molecular flexibility index (Phi) is 15.3. The zero-order chi connectivity index (χ0) is 41.5. The monoisotopic (exact) mass is 821 g/mol. The molecule has 3 amide bonds. The Morgan fingerprint density at radius 2 is 1.63 bits per heavy atom. The average molecular weight is 822 g/mol. The summed E-state index contributed by atoms with van der Waals surface area (Å²) in [5.41, 5.74) is 1.10. The van der Waals surface area contributed by atoms with Crippen LogP contribution in [-0.2, 0) is 41.8 Å². The molecule has 0 bridgehead atoms. The number of rotatable bonds is 19. The van der Waals surface area contributed by atoms with Crippen molar-refractivity contribution in [1.82, 2.24) is 25.9 Å². The SMILES string of the molecule is CC(C)(C(=O)N[C@H]1[C@@H](O)[C@H](O)[C@@H](CO)O[C@@H]1O)S(=O)(=O)C[C@@H](Cc1ccccc1)C(=O)N[C@@H](Cc1cnc[nH]1)C(=O)N[C@@H](CC1CCCCC1)[C@@H](O)[C@@H](O)C1CC1. The molecule has 5 rings (SSSR count). The van der Waals surface area contributed by atoms with E-state index >= 15 is 0 Å². The summed E-state index contributed by atoms with van der Waals surface area (Å²) in [6.07, 6.45) is 0.729. The molecule has 3 fully saturated rings. The van der Waals surface area contributed by atoms with Crippen LogP contribution in [0.2, 0.25) is 0 Å². The number of aromatic nitrogens is 2. The van der Waals surface area contributed by atoms with Crippen LogP contribution in [0.1, 0.15) is 76.5 Å². The van der Waals surface area contributed by atoms with E-state index in [1.807, 2.05) is 0 Å². The number of carbonyl (C=O) groups is 3. The van der Waals surface area contributed by atoms with Crippen molar-refractivity contribution in [3.63, 3.8) is 0 Å². The van der Waals surface area contributed by atoms with Crippen molar-refractivity contribution in [2.24, 2.45) is 17.8 Å². The van der Waals surface area contributed by atoms with Gasteiger partial charge in [-0.25, -0.2) is 13.4 Å². The molecular formula is C39H59N5O12S. The Morgan fingerprint density at radius 3 is 2.25 bits per heavy atom. The molecule has 1 aromatic carbocycles. The van der Waals surface area contributed by atoms with Gasteiger partial charge in [0, 0.05) is 18.3 Å². The van der Waals surface area contributed by atoms with Gasteiger partial charge in [-0.3, -0.25) is 14.4 Å². The molecule has 0 spiro atoms. The highest BCUT2D eigenvalue weighted by Gasteiger charge is 2.49. The van der Waals surface area contributed by atoms with Crippen molar-refractivity contribution in [3.05, 3.63) is 54.1 Å². The number of hydrogen-bond acceptors (Lipinski definition) is 13. The van der Waals surface area contributed by atoms with Crippen molar-refractivity contribution in [2.75, 3.05) is 12.4 Å². The van der Waals surface area contributed by atoms with Crippen LogP contribution >= 0.6 is 0 Å². The van der Waals surface area contributed by atoms with E-state index in [0.29, 0.717) is 17.7 Å². The third kappa shape index (κ3) is 11.4. The molecule has 3 aliphatic rings. The average Bonchev–Trinajstić information content (AvgIpc) is 3.92. The number of aromatic amines is 1. The fraction of sp³-hybridized carbons (Fsp3) is 0.692. The standard InChI is InChI=1S/C39H59N5O12S/c1-39(2,38(53)44-30-34(49)33(48)29(19-45)56-37(30)52)57(54,55)20-25(15-22-9-5-3-6-10-22)35(50)43-28(17-26-18-40-21-41-26)36(51)42-27(16-23-11-7-4-8-12-23)32(47)31(46)24-13-14-24/h3,5-6,9-10,18,21,23-25,27-34,37,45-49,52H,4,7-8,11-17,19-20H2,1-2H3,(H,40,41)(H,42,51)(H,43,50)(H,44,53)/t25-,27+,28+,29-,30+,31+,32-,33-,34-,37+/m1/s1. The lowest BCUT2D eigenvalue weighted by Crippen LogP contribution is -2.66. The summed E-state index contributed by atoms with van der Waals surface area (Å²) in [6.45, 7) is 1.47. The van der Waals surface area contributed by atoms with Crippen LogP contribution in [-0.4, -0.2) is 139 Å². The first-order valence-corrected chi connectivity index (χ1v) is 21.5. The van der Waals surface area contributed by atoms with Crippen LogP contribution in [0.3, 0.4) is 0 Å². The van der Waals surface area contributed by atoms with Gasteiger partial charge in [-0.05, 0) is 56.9 Å². The van der Waals surface area contributed by atoms with Crippen molar-refractivity contribution in [1.29, 1.82) is 0 Å². The molecule has 17 nitrogen and oxygen atoms in total. The van der Waals surface area contributed by atoms with Crippen LogP contribution in [0.5, 0.6) is 0 Å². The largest absolute Gasteiger partial charge is 0.394 e. The molecule has 1 saturated heterocycles. The Hall–Kier alpha value is -3.49. The summed E-state index contributed by atoms with van der Waals surface area (Å²) in [6, 6.07) is 4.88. The van der Waals surface area contributed by atoms with Crippen LogP contribution in [0.4, 0.5) is 0 Å². The van der Waals surface area contributed by atoms with Gasteiger partial charge < -0.3 is 56.3 Å². The summed E-state index contributed by atoms with van der Waals surface area (Å²) in [4.78, 5) is 49.0. The summed E-state index contributed by atoms with van der Waals surface area (Å²) < 4.78 is 31.2. The fourth-order valence-corrected chi connectivity index (χ4v) is 9.29. The molecule has 57 heavy (non-hydrogen) atoms. The predicted octanol–water partition coefficient (Wildman–Crippen LogP) is -1.01. The number of amides is 3. The fourth-order valence-electron chi connectivity index (χ4n) is 7.74. The number of imidazole rings is 1. The number of benzene rings is 1. The summed E-state index contributed by atoms with van der Waals surface area (Å²) >= 11 is 0. The first kappa shape index (κ1) is 44.6. The Bertz CT molecular complexity index is 1720. The topological polar surface area (TPSA) is 281 Å². The first-order chi connectivity index (χ1) is 27.0. The number of H-pyrrole nitrogens is 1. The molecular weight excluding hydrogens is 763 g/mol. The normalized spacial score (nSPS) is 26.1. The highest BCUT2D eigenvalue weighted by atomic mass is 32.2. The first-order valence-electron chi connectivity index (χ1n) is 19.8. The maximum atomic E-state index is 14.3. The van der Waals surface area contributed by atoms with Gasteiger partial charge in [-0.15, -0.1) is 0 Å². The second-order valence-corrected chi connectivity index (χ2v) is 19.0. The minimum atomic E-state index is -4.56. The molecule has 2 saturated carbocycles. The lowest BCUT2D eigenvalue weighted by molar-refractivity contribution is -0.254. The molecule has 1 aromatic heterocycles. The maximum Gasteiger partial charge on any atom is 0.243 e. The number of sulfone groups is 1. The van der Waals surface area contributed by atoms with E-state index < -0.39 is 106 Å². The molecule has 2 aromatic rings. The molecule has 10 atom stereocenters. The molecule has 2 aliphatic carbocycles. The van der Waals surface area contributed by atoms with E-state index in [0.717, 1.165) is 58.8 Å². The molecule has 18 heteroatoms. The number of ether oxygens (including phenoxy) is 1. The Labute approximate surface area is 332 Å². The second kappa shape index (κ2) is 19.5. The third-order valence-corrected chi connectivity index (χ3v) is 14.3. The van der Waals surface area contributed by atoms with Gasteiger partial charge in [-0.1, -0.05) is 62.4 Å². The van der Waals surface area contributed by atoms with Crippen molar-refractivity contribution >= 4 is 27.6 Å². The highest BCUT2D eigenvalue weighted by molar-refractivity contribution is 7.93. The van der Waals surface area contributed by atoms with E-state index in [1.54, 1.807) is 30.3 Å². The number of aliphatic hydroxyl groups excluding tert-OH is 6. The number of aliphatic hydroxyl groups is 6. The van der Waals surface area contributed by atoms with Gasteiger partial charge in [0.25, 0.3) is 0 Å². The van der Waals surface area contributed by atoms with Gasteiger partial charge in [0.1, 0.15) is 41.2 Å². The Morgan fingerprint density at radius 1 is 0.947 bits per heavy atom. The lowest BCUT2D eigenvalue weighted by Gasteiger charge is -2.41. The molecule has 318 valence electrons. The van der Waals surface area contributed by atoms with Gasteiger partial charge in [0.2, 0.25) is 17.7 Å². The summed E-state index contributed by atoms with van der Waals surface area (Å²) in [5, 5.41) is 70.8. The minimum absolute atomic E-state index is 0.0605. The van der Waals surface area contributed by atoms with Crippen molar-refractivity contribution in [3.8, 4) is 0 Å². The Balaban J connectivity index is 1.37. The zero-order valence-corrected chi connectivity index (χ0v) is 33.3. The molecule has 1 aliphatic heterocycles. The quantitative estimate of drug-likeness (QED) is 0.0815. The number of nitrogens with zero attached hydrogens (tertiary/aromatic N) is 1. The molecule has 0 unspecified atom stereocenters. The van der Waals surface area contributed by atoms with Gasteiger partial charge in [0.05, 0.1) is 36.8 Å². The van der Waals surface area contributed by atoms with Crippen molar-refractivity contribution < 1.29 is 58.2 Å². The van der Waals surface area contributed by atoms with Gasteiger partial charge >= 0.3 is 0 Å². The lowest BCUT2D eigenvalue weighted by atomic mass is 9.82. The molecule has 0 radical (unpaired) electrons. The summed E-state index contributed by atoms with van der Waals surface area (Å²) in [5.74, 6) is -4.62. The third-order valence-electron chi connectivity index (χ3n) is 11.8.